The molecular formula is C17H22F8O5S. The summed E-state index contributed by atoms with van der Waals surface area (Å²) in [6.45, 7) is 1.74. The van der Waals surface area contributed by atoms with E-state index in [1.54, 1.807) is 0 Å². The lowest BCUT2D eigenvalue weighted by molar-refractivity contribution is -0.456. The molecule has 0 amide bonds. The Balaban J connectivity index is 1.89. The first-order chi connectivity index (χ1) is 13.9. The van der Waals surface area contributed by atoms with Gasteiger partial charge in [-0.25, -0.2) is 4.74 Å². The zero-order valence-corrected chi connectivity index (χ0v) is 17.1. The van der Waals surface area contributed by atoms with E-state index in [1.165, 1.54) is 5.57 Å². The number of ether oxygens (including phenoxy) is 2. The number of fused-ring (bicyclic) bond motifs is 1. The Kier molecular flexibility index (Phi) is 7.41. The molecule has 0 aromatic carbocycles. The van der Waals surface area contributed by atoms with E-state index in [0.717, 1.165) is 31.3 Å². The van der Waals surface area contributed by atoms with Gasteiger partial charge in [-0.1, -0.05) is 12.5 Å². The summed E-state index contributed by atoms with van der Waals surface area (Å²) in [7, 11) is -6.93. The Morgan fingerprint density at radius 3 is 2.19 bits per heavy atom. The molecule has 0 aliphatic heterocycles. The van der Waals surface area contributed by atoms with E-state index in [1.807, 2.05) is 0 Å². The maximum Gasteiger partial charge on any atom is 0.460 e. The molecule has 0 aromatic rings. The predicted molar refractivity (Wildman–Crippen MR) is 90.6 cm³/mol. The fraction of sp³-hybridized carbons (Fsp3) is 0.882. The van der Waals surface area contributed by atoms with E-state index in [-0.39, 0.29) is 6.61 Å². The van der Waals surface area contributed by atoms with Crippen molar-refractivity contribution in [3.8, 4) is 0 Å². The van der Waals surface area contributed by atoms with Crippen LogP contribution in [0.2, 0.25) is 0 Å². The zero-order chi connectivity index (χ0) is 23.9. The van der Waals surface area contributed by atoms with Crippen LogP contribution in [-0.4, -0.2) is 49.6 Å². The van der Waals surface area contributed by atoms with Crippen molar-refractivity contribution in [2.75, 3.05) is 13.2 Å². The van der Waals surface area contributed by atoms with E-state index in [0.29, 0.717) is 11.8 Å². The maximum absolute atomic E-state index is 13.6. The number of rotatable bonds is 11. The molecule has 0 bridgehead atoms. The Morgan fingerprint density at radius 1 is 1.06 bits per heavy atom. The lowest BCUT2D eigenvalue weighted by atomic mass is 9.67. The van der Waals surface area contributed by atoms with Crippen LogP contribution in [-0.2, 0) is 19.6 Å². The lowest BCUT2D eigenvalue weighted by Crippen LogP contribution is -2.55. The number of alkyl halides is 8. The molecule has 0 aromatic heterocycles. The van der Waals surface area contributed by atoms with Gasteiger partial charge in [-0.05, 0) is 49.5 Å². The highest BCUT2D eigenvalue weighted by Crippen LogP contribution is 2.48. The second-order valence-electron chi connectivity index (χ2n) is 7.90. The third kappa shape index (κ3) is 5.50. The van der Waals surface area contributed by atoms with Crippen LogP contribution in [0.25, 0.3) is 0 Å². The van der Waals surface area contributed by atoms with Gasteiger partial charge in [-0.3, -0.25) is 4.55 Å². The molecule has 2 atom stereocenters. The molecule has 2 aliphatic rings. The minimum Gasteiger partial charge on any atom is -0.377 e. The monoisotopic (exact) mass is 490 g/mol. The molecular weight excluding hydrogens is 468 g/mol. The van der Waals surface area contributed by atoms with Crippen LogP contribution < -0.4 is 0 Å². The molecule has 0 radical (unpaired) electrons. The van der Waals surface area contributed by atoms with Gasteiger partial charge >= 0.3 is 33.5 Å². The molecule has 0 heterocycles. The summed E-state index contributed by atoms with van der Waals surface area (Å²) in [6, 6.07) is 0. The van der Waals surface area contributed by atoms with Crippen LogP contribution in [0, 0.1) is 11.8 Å². The van der Waals surface area contributed by atoms with Crippen molar-refractivity contribution in [3.05, 3.63) is 11.1 Å². The SMILES string of the molecule is C[C@@H]1CC(COCCCC(F)(F)C(F)(F)OC(F)(F)C(F)(F)S(=O)(=O)O)=C2CCC2C1. The van der Waals surface area contributed by atoms with Crippen LogP contribution in [0.15, 0.2) is 11.1 Å². The van der Waals surface area contributed by atoms with Crippen molar-refractivity contribution in [2.45, 2.75) is 68.8 Å². The van der Waals surface area contributed by atoms with E-state index in [9.17, 15) is 43.5 Å². The number of hydrogen-bond acceptors (Lipinski definition) is 4. The summed E-state index contributed by atoms with van der Waals surface area (Å²) in [5.74, 6) is -4.45. The summed E-state index contributed by atoms with van der Waals surface area (Å²) >= 11 is 0. The van der Waals surface area contributed by atoms with Crippen LogP contribution >= 0.6 is 0 Å². The molecule has 0 spiro atoms. The highest BCUT2D eigenvalue weighted by atomic mass is 32.2. The normalized spacial score (nSPS) is 23.5. The summed E-state index contributed by atoms with van der Waals surface area (Å²) in [4.78, 5) is 0. The fourth-order valence-corrected chi connectivity index (χ4v) is 4.02. The zero-order valence-electron chi connectivity index (χ0n) is 16.3. The number of halogens is 8. The minimum atomic E-state index is -6.93. The summed E-state index contributed by atoms with van der Waals surface area (Å²) < 4.78 is 142. The van der Waals surface area contributed by atoms with Gasteiger partial charge in [0.05, 0.1) is 6.61 Å². The molecule has 2 rings (SSSR count). The molecule has 1 saturated carbocycles. The van der Waals surface area contributed by atoms with Gasteiger partial charge in [0.1, 0.15) is 0 Å². The van der Waals surface area contributed by atoms with Crippen LogP contribution in [0.3, 0.4) is 0 Å². The van der Waals surface area contributed by atoms with E-state index in [2.05, 4.69) is 11.7 Å². The smallest absolute Gasteiger partial charge is 0.377 e. The Labute approximate surface area is 173 Å². The van der Waals surface area contributed by atoms with Crippen molar-refractivity contribution in [1.29, 1.82) is 0 Å². The molecule has 14 heteroatoms. The van der Waals surface area contributed by atoms with Crippen molar-refractivity contribution in [1.82, 2.24) is 0 Å². The van der Waals surface area contributed by atoms with Gasteiger partial charge in [-0.2, -0.15) is 43.5 Å². The molecule has 5 nitrogen and oxygen atoms in total. The fourth-order valence-electron chi connectivity index (χ4n) is 3.67. The third-order valence-electron chi connectivity index (χ3n) is 5.39. The average Bonchev–Trinajstić information content (AvgIpc) is 2.55. The number of allylic oxidation sites excluding steroid dienone is 1. The second-order valence-corrected chi connectivity index (χ2v) is 9.36. The van der Waals surface area contributed by atoms with Gasteiger partial charge < -0.3 is 4.74 Å². The van der Waals surface area contributed by atoms with Gasteiger partial charge in [0.2, 0.25) is 0 Å². The van der Waals surface area contributed by atoms with Gasteiger partial charge in [0.25, 0.3) is 0 Å². The van der Waals surface area contributed by atoms with E-state index < -0.39 is 53.0 Å². The molecule has 1 fully saturated rings. The maximum atomic E-state index is 13.6. The van der Waals surface area contributed by atoms with Gasteiger partial charge in [0, 0.05) is 13.0 Å². The van der Waals surface area contributed by atoms with Crippen LogP contribution in [0.5, 0.6) is 0 Å². The Morgan fingerprint density at radius 2 is 1.68 bits per heavy atom. The predicted octanol–water partition coefficient (Wildman–Crippen LogP) is 5.24. The minimum absolute atomic E-state index is 0.118. The standard InChI is InChI=1S/C17H22F8O5S/c1-10-7-11-3-4-13(11)12(8-10)9-29-6-2-5-14(18,19)15(20,21)30-16(22,23)17(24,25)31(26,27)28/h10-11H,2-9H2,1H3,(H,26,27,28)/t10-,11?/m0/s1. The number of hydrogen-bond donors (Lipinski definition) is 1. The first-order valence-corrected chi connectivity index (χ1v) is 10.8. The molecule has 2 aliphatic carbocycles. The molecule has 0 saturated heterocycles. The van der Waals surface area contributed by atoms with Crippen molar-refractivity contribution in [3.63, 3.8) is 0 Å². The molecule has 31 heavy (non-hydrogen) atoms. The van der Waals surface area contributed by atoms with E-state index >= 15 is 0 Å². The third-order valence-corrected chi connectivity index (χ3v) is 6.28. The summed E-state index contributed by atoms with van der Waals surface area (Å²) in [5.41, 5.74) is 2.29. The summed E-state index contributed by atoms with van der Waals surface area (Å²) in [5, 5.41) is -6.58. The van der Waals surface area contributed by atoms with Gasteiger partial charge in [-0.15, -0.1) is 0 Å². The second kappa shape index (κ2) is 8.75. The molecule has 1 unspecified atom stereocenters. The first-order valence-electron chi connectivity index (χ1n) is 9.38. The largest absolute Gasteiger partial charge is 0.460 e. The molecule has 182 valence electrons. The summed E-state index contributed by atoms with van der Waals surface area (Å²) in [6.07, 6.45) is -11.5. The van der Waals surface area contributed by atoms with Crippen molar-refractivity contribution in [2.24, 2.45) is 11.8 Å². The first kappa shape index (κ1) is 26.3. The van der Waals surface area contributed by atoms with Crippen LogP contribution in [0.1, 0.15) is 45.4 Å². The highest BCUT2D eigenvalue weighted by molar-refractivity contribution is 7.86. The Hall–Kier alpha value is -0.990. The molecule has 1 N–H and O–H groups in total. The lowest BCUT2D eigenvalue weighted by Gasteiger charge is -2.39. The van der Waals surface area contributed by atoms with Crippen molar-refractivity contribution < 1.29 is 57.6 Å². The van der Waals surface area contributed by atoms with Crippen molar-refractivity contribution >= 4 is 10.1 Å². The topological polar surface area (TPSA) is 72.8 Å². The van der Waals surface area contributed by atoms with Crippen LogP contribution in [0.4, 0.5) is 35.1 Å². The Bertz CT molecular complexity index is 796. The highest BCUT2D eigenvalue weighted by Gasteiger charge is 2.73. The van der Waals surface area contributed by atoms with E-state index in [4.69, 9.17) is 9.29 Å². The average molecular weight is 490 g/mol. The quantitative estimate of drug-likeness (QED) is 0.186. The van der Waals surface area contributed by atoms with Gasteiger partial charge in [0.15, 0.2) is 0 Å².